The Morgan fingerprint density at radius 3 is 2.29 bits per heavy atom. The van der Waals surface area contributed by atoms with Crippen molar-refractivity contribution in [2.24, 2.45) is 34.2 Å². The molecule has 3 N–H and O–H groups in total. The van der Waals surface area contributed by atoms with Crippen LogP contribution in [0.4, 0.5) is 0 Å². The highest BCUT2D eigenvalue weighted by molar-refractivity contribution is 6.00. The number of esters is 2. The molecule has 0 aliphatic carbocycles. The number of hydrogen-bond acceptors (Lipinski definition) is 13. The predicted octanol–water partition coefficient (Wildman–Crippen LogP) is 3.59. The Kier molecular flexibility index (Phi) is 13.7. The quantitative estimate of drug-likeness (QED) is 0.276. The lowest BCUT2D eigenvalue weighted by atomic mass is 9.66. The van der Waals surface area contributed by atoms with Gasteiger partial charge in [-0.1, -0.05) is 45.9 Å². The zero-order valence-corrected chi connectivity index (χ0v) is 32.6. The third kappa shape index (κ3) is 8.24. The summed E-state index contributed by atoms with van der Waals surface area (Å²) in [7, 11) is 5.29. The number of likely N-dealkylation sites (N-methyl/N-ethyl adjacent to an activating group) is 1. The molecule has 4 rings (SSSR count). The summed E-state index contributed by atoms with van der Waals surface area (Å²) >= 11 is 0. The summed E-state index contributed by atoms with van der Waals surface area (Å²) in [4.78, 5) is 43.7. The number of Topliss-reactive ketones (excluding diaryl/α,β-unsaturated/α-hetero) is 1. The van der Waals surface area contributed by atoms with Gasteiger partial charge in [-0.25, -0.2) is 4.79 Å². The molecule has 1 aromatic carbocycles. The van der Waals surface area contributed by atoms with Crippen molar-refractivity contribution in [1.82, 2.24) is 10.3 Å². The molecule has 2 saturated heterocycles. The van der Waals surface area contributed by atoms with Crippen LogP contribution >= 0.6 is 0 Å². The molecule has 0 saturated carbocycles. The van der Waals surface area contributed by atoms with Gasteiger partial charge in [0, 0.05) is 25.2 Å². The minimum atomic E-state index is -1.24. The second-order valence-corrected chi connectivity index (χ2v) is 15.7. The molecule has 1 aromatic rings. The van der Waals surface area contributed by atoms with Crippen molar-refractivity contribution in [2.75, 3.05) is 21.2 Å². The zero-order chi connectivity index (χ0) is 38.7. The van der Waals surface area contributed by atoms with Gasteiger partial charge in [-0.2, -0.15) is 5.10 Å². The molecule has 3 heterocycles. The lowest BCUT2D eigenvalue weighted by molar-refractivity contribution is -0.295. The summed E-state index contributed by atoms with van der Waals surface area (Å²) in [6, 6.07) is 7.92. The summed E-state index contributed by atoms with van der Waals surface area (Å²) in [6.45, 7) is 14.2. The summed E-state index contributed by atoms with van der Waals surface area (Å²) in [6.07, 6.45) is -3.79. The molecule has 0 amide bonds. The van der Waals surface area contributed by atoms with Crippen LogP contribution in [0.25, 0.3) is 0 Å². The molecule has 2 unspecified atom stereocenters. The van der Waals surface area contributed by atoms with Crippen molar-refractivity contribution in [1.29, 1.82) is 0 Å². The van der Waals surface area contributed by atoms with E-state index in [0.29, 0.717) is 18.4 Å². The van der Waals surface area contributed by atoms with Crippen LogP contribution in [0.5, 0.6) is 0 Å². The molecule has 0 bridgehead atoms. The Labute approximate surface area is 308 Å². The van der Waals surface area contributed by atoms with Crippen LogP contribution in [0, 0.1) is 29.1 Å². The molecule has 0 aromatic heterocycles. The number of ether oxygens (including phenoxy) is 5. The SMILES string of the molecule is CC[C@H]1OC(=O)[C@H](C)C(=O)[C@H](C)[C@@H](O[C@@H]2O[C@H](C)C[C@H](N(C)C)[C@H]2OC(=O)c2ccccc2)[C@](C)(OC)C[C@@H](C)[C@H](O)[C@H](C)[C@@H](O)C12C=NNC2C. The van der Waals surface area contributed by atoms with E-state index >= 15 is 0 Å². The predicted molar refractivity (Wildman–Crippen MR) is 194 cm³/mol. The second kappa shape index (κ2) is 17.0. The normalized spacial score (nSPS) is 42.1. The van der Waals surface area contributed by atoms with Crippen molar-refractivity contribution < 1.29 is 48.3 Å². The van der Waals surface area contributed by atoms with Crippen LogP contribution in [0.3, 0.4) is 0 Å². The Hall–Kier alpha value is -2.94. The van der Waals surface area contributed by atoms with E-state index in [1.54, 1.807) is 51.3 Å². The van der Waals surface area contributed by atoms with Crippen LogP contribution in [-0.4, -0.2) is 121 Å². The molecule has 2 fully saturated rings. The first-order valence-electron chi connectivity index (χ1n) is 18.6. The third-order valence-corrected chi connectivity index (χ3v) is 11.9. The summed E-state index contributed by atoms with van der Waals surface area (Å²) in [5.41, 5.74) is 0.951. The van der Waals surface area contributed by atoms with E-state index in [-0.39, 0.29) is 18.6 Å². The number of methoxy groups -OCH3 is 1. The number of cyclic esters (lactones) is 1. The number of ketones is 1. The molecule has 1 spiro atoms. The highest BCUT2D eigenvalue weighted by Crippen LogP contribution is 2.43. The third-order valence-electron chi connectivity index (χ3n) is 11.9. The number of aliphatic hydroxyl groups excluding tert-OH is 2. The monoisotopic (exact) mass is 731 g/mol. The van der Waals surface area contributed by atoms with E-state index in [2.05, 4.69) is 10.5 Å². The Balaban J connectivity index is 1.78. The van der Waals surface area contributed by atoms with Gasteiger partial charge >= 0.3 is 11.9 Å². The molecule has 292 valence electrons. The fraction of sp³-hybridized carbons (Fsp3) is 0.744. The largest absolute Gasteiger partial charge is 0.461 e. The molecule has 52 heavy (non-hydrogen) atoms. The first kappa shape index (κ1) is 41.8. The molecular weight excluding hydrogens is 670 g/mol. The van der Waals surface area contributed by atoms with Gasteiger partial charge in [0.1, 0.15) is 12.0 Å². The van der Waals surface area contributed by atoms with Crippen LogP contribution in [0.2, 0.25) is 0 Å². The number of hydrazone groups is 1. The lowest BCUT2D eigenvalue weighted by Gasteiger charge is -2.48. The van der Waals surface area contributed by atoms with Crippen LogP contribution in [0.15, 0.2) is 35.4 Å². The van der Waals surface area contributed by atoms with Gasteiger partial charge in [-0.05, 0) is 79.1 Å². The van der Waals surface area contributed by atoms with Gasteiger partial charge in [0.05, 0.1) is 53.1 Å². The first-order chi connectivity index (χ1) is 24.4. The fourth-order valence-corrected chi connectivity index (χ4v) is 8.51. The average molecular weight is 732 g/mol. The molecule has 15 atom stereocenters. The number of rotatable bonds is 7. The molecule has 13 heteroatoms. The molecule has 3 aliphatic rings. The van der Waals surface area contributed by atoms with Gasteiger partial charge in [0.2, 0.25) is 0 Å². The fourth-order valence-electron chi connectivity index (χ4n) is 8.51. The maximum Gasteiger partial charge on any atom is 0.338 e. The second-order valence-electron chi connectivity index (χ2n) is 15.7. The molecule has 13 nitrogen and oxygen atoms in total. The topological polar surface area (TPSA) is 165 Å². The number of hydrogen-bond donors (Lipinski definition) is 3. The maximum absolute atomic E-state index is 14.4. The van der Waals surface area contributed by atoms with Crippen molar-refractivity contribution in [3.8, 4) is 0 Å². The standard InChI is InChI=1S/C39H61N3O10/c1-12-29-39(20-40-41-26(39)7)33(45)23(4)30(43)21(2)19-38(8,48-11)34(24(5)31(44)25(6)35(46)50-29)52-37-32(28(42(9)10)18-22(3)49-37)51-36(47)27-16-14-13-15-17-27/h13-17,20-26,28-30,32-34,37,41,43,45H,12,18-19H2,1-11H3/t21-,22-,23+,24+,25-,26?,28+,29-,30+,32-,33-,34-,37+,38-,39?/m1/s1. The van der Waals surface area contributed by atoms with E-state index in [0.717, 1.165) is 0 Å². The Morgan fingerprint density at radius 2 is 1.73 bits per heavy atom. The van der Waals surface area contributed by atoms with E-state index in [4.69, 9.17) is 23.7 Å². The zero-order valence-electron chi connectivity index (χ0n) is 32.6. The van der Waals surface area contributed by atoms with E-state index < -0.39 is 95.3 Å². The number of carbonyl (C=O) groups is 3. The number of benzene rings is 1. The summed E-state index contributed by atoms with van der Waals surface area (Å²) in [5.74, 6) is -5.06. The highest BCUT2D eigenvalue weighted by atomic mass is 16.7. The number of carbonyl (C=O) groups excluding carboxylic acids is 3. The smallest absolute Gasteiger partial charge is 0.338 e. The van der Waals surface area contributed by atoms with Crippen LogP contribution in [0.1, 0.15) is 85.0 Å². The van der Waals surface area contributed by atoms with Crippen molar-refractivity contribution in [3.63, 3.8) is 0 Å². The van der Waals surface area contributed by atoms with Crippen molar-refractivity contribution in [2.45, 2.75) is 135 Å². The number of nitrogens with one attached hydrogen (secondary N) is 1. The molecule has 3 aliphatic heterocycles. The van der Waals surface area contributed by atoms with Gasteiger partial charge in [0.25, 0.3) is 0 Å². The maximum atomic E-state index is 14.4. The van der Waals surface area contributed by atoms with Gasteiger partial charge in [-0.15, -0.1) is 0 Å². The Bertz CT molecular complexity index is 1410. The van der Waals surface area contributed by atoms with Crippen LogP contribution in [-0.2, 0) is 33.3 Å². The molecule has 0 radical (unpaired) electrons. The molecular formula is C39H61N3O10. The number of aliphatic hydroxyl groups is 2. The highest BCUT2D eigenvalue weighted by Gasteiger charge is 2.57. The van der Waals surface area contributed by atoms with E-state index in [1.165, 1.54) is 14.0 Å². The van der Waals surface area contributed by atoms with Crippen molar-refractivity contribution in [3.05, 3.63) is 35.9 Å². The first-order valence-corrected chi connectivity index (χ1v) is 18.6. The van der Waals surface area contributed by atoms with E-state index in [1.807, 2.05) is 52.8 Å². The van der Waals surface area contributed by atoms with Gasteiger partial charge in [-0.3, -0.25) is 9.59 Å². The number of nitrogens with zero attached hydrogens (tertiary/aromatic N) is 2. The Morgan fingerprint density at radius 1 is 1.08 bits per heavy atom. The van der Waals surface area contributed by atoms with Crippen molar-refractivity contribution >= 4 is 23.9 Å². The summed E-state index contributed by atoms with van der Waals surface area (Å²) in [5, 5.41) is 28.1. The van der Waals surface area contributed by atoms with Gasteiger partial charge < -0.3 is 44.2 Å². The van der Waals surface area contributed by atoms with Gasteiger partial charge in [0.15, 0.2) is 18.2 Å². The minimum absolute atomic E-state index is 0.197. The minimum Gasteiger partial charge on any atom is -0.461 e. The van der Waals surface area contributed by atoms with E-state index in [9.17, 15) is 24.6 Å². The van der Waals surface area contributed by atoms with Crippen LogP contribution < -0.4 is 5.43 Å². The average Bonchev–Trinajstić information content (AvgIpc) is 3.52. The summed E-state index contributed by atoms with van der Waals surface area (Å²) < 4.78 is 31.7. The lowest BCUT2D eigenvalue weighted by Crippen LogP contribution is -2.61.